The number of ether oxygens (including phenoxy) is 1. The van der Waals surface area contributed by atoms with Crippen molar-refractivity contribution < 1.29 is 17.5 Å². The second kappa shape index (κ2) is 5.38. The zero-order chi connectivity index (χ0) is 14.8. The number of rotatable bonds is 4. The van der Waals surface area contributed by atoms with Crippen molar-refractivity contribution in [1.82, 2.24) is 0 Å². The molecule has 2 aromatic rings. The molecule has 0 amide bonds. The number of hydrogen-bond acceptors (Lipinski definition) is 4. The van der Waals surface area contributed by atoms with Crippen LogP contribution in [0.2, 0.25) is 0 Å². The number of halogens is 1. The van der Waals surface area contributed by atoms with Gasteiger partial charge in [0.2, 0.25) is 0 Å². The Kier molecular flexibility index (Phi) is 3.80. The smallest absolute Gasteiger partial charge is 0.265 e. The molecule has 0 aliphatic carbocycles. The van der Waals surface area contributed by atoms with E-state index in [2.05, 4.69) is 4.72 Å². The molecular formula is C13H13FN2O3S. The Labute approximate surface area is 116 Å². The fourth-order valence-corrected chi connectivity index (χ4v) is 2.92. The van der Waals surface area contributed by atoms with Gasteiger partial charge in [-0.15, -0.1) is 0 Å². The van der Waals surface area contributed by atoms with Crippen LogP contribution in [0.5, 0.6) is 5.75 Å². The number of methoxy groups -OCH3 is 1. The molecule has 2 aromatic carbocycles. The van der Waals surface area contributed by atoms with Crippen molar-refractivity contribution in [3.8, 4) is 5.75 Å². The van der Waals surface area contributed by atoms with E-state index in [4.69, 9.17) is 10.5 Å². The maximum absolute atomic E-state index is 13.1. The first-order chi connectivity index (χ1) is 9.42. The van der Waals surface area contributed by atoms with Gasteiger partial charge in [-0.2, -0.15) is 0 Å². The van der Waals surface area contributed by atoms with Crippen molar-refractivity contribution in [2.75, 3.05) is 17.6 Å². The summed E-state index contributed by atoms with van der Waals surface area (Å²) < 4.78 is 44.9. The molecule has 0 bridgehead atoms. The van der Waals surface area contributed by atoms with E-state index in [1.54, 1.807) is 0 Å². The summed E-state index contributed by atoms with van der Waals surface area (Å²) in [6.07, 6.45) is 0. The second-order valence-electron chi connectivity index (χ2n) is 4.03. The number of sulfonamides is 1. The van der Waals surface area contributed by atoms with Crippen LogP contribution >= 0.6 is 0 Å². The molecule has 2 rings (SSSR count). The molecule has 0 atom stereocenters. The summed E-state index contributed by atoms with van der Waals surface area (Å²) in [7, 11) is -2.56. The molecule has 20 heavy (non-hydrogen) atoms. The van der Waals surface area contributed by atoms with Crippen molar-refractivity contribution >= 4 is 21.4 Å². The lowest BCUT2D eigenvalue weighted by Gasteiger charge is -2.12. The predicted octanol–water partition coefficient (Wildman–Crippen LogP) is 2.22. The largest absolute Gasteiger partial charge is 0.495 e. The van der Waals surface area contributed by atoms with Gasteiger partial charge in [0.15, 0.2) is 0 Å². The molecule has 3 N–H and O–H groups in total. The lowest BCUT2D eigenvalue weighted by atomic mass is 10.3. The molecule has 7 heteroatoms. The Morgan fingerprint density at radius 3 is 2.60 bits per heavy atom. The van der Waals surface area contributed by atoms with Crippen LogP contribution in [-0.2, 0) is 10.0 Å². The zero-order valence-electron chi connectivity index (χ0n) is 10.6. The molecular weight excluding hydrogens is 283 g/mol. The summed E-state index contributed by atoms with van der Waals surface area (Å²) in [4.78, 5) is -0.107. The highest BCUT2D eigenvalue weighted by Gasteiger charge is 2.20. The van der Waals surface area contributed by atoms with Gasteiger partial charge in [0.05, 0.1) is 12.8 Å². The first-order valence-electron chi connectivity index (χ1n) is 5.64. The number of nitrogen functional groups attached to an aromatic ring is 1. The van der Waals surface area contributed by atoms with Crippen molar-refractivity contribution in [3.05, 3.63) is 48.3 Å². The summed E-state index contributed by atoms with van der Waals surface area (Å²) in [6.45, 7) is 0. The Morgan fingerprint density at radius 2 is 1.95 bits per heavy atom. The SMILES string of the molecule is COc1ccc(N)cc1S(=O)(=O)Nc1cccc(F)c1. The number of benzene rings is 2. The van der Waals surface area contributed by atoms with E-state index in [1.807, 2.05) is 0 Å². The van der Waals surface area contributed by atoms with Gasteiger partial charge in [0.25, 0.3) is 10.0 Å². The van der Waals surface area contributed by atoms with E-state index in [0.717, 1.165) is 6.07 Å². The van der Waals surface area contributed by atoms with E-state index < -0.39 is 15.8 Å². The Bertz CT molecular complexity index is 732. The van der Waals surface area contributed by atoms with Gasteiger partial charge in [-0.05, 0) is 36.4 Å². The second-order valence-corrected chi connectivity index (χ2v) is 5.68. The molecule has 0 saturated heterocycles. The van der Waals surface area contributed by atoms with Gasteiger partial charge in [-0.3, -0.25) is 4.72 Å². The van der Waals surface area contributed by atoms with Gasteiger partial charge >= 0.3 is 0 Å². The van der Waals surface area contributed by atoms with Crippen LogP contribution in [0.15, 0.2) is 47.4 Å². The van der Waals surface area contributed by atoms with Crippen molar-refractivity contribution in [1.29, 1.82) is 0 Å². The van der Waals surface area contributed by atoms with Gasteiger partial charge in [-0.25, -0.2) is 12.8 Å². The molecule has 0 spiro atoms. The minimum Gasteiger partial charge on any atom is -0.495 e. The third kappa shape index (κ3) is 3.00. The first-order valence-corrected chi connectivity index (χ1v) is 7.12. The molecule has 0 aliphatic heterocycles. The minimum atomic E-state index is -3.92. The van der Waals surface area contributed by atoms with Gasteiger partial charge in [0, 0.05) is 5.69 Å². The van der Waals surface area contributed by atoms with Crippen LogP contribution < -0.4 is 15.2 Å². The summed E-state index contributed by atoms with van der Waals surface area (Å²) in [5.41, 5.74) is 5.99. The third-order valence-electron chi connectivity index (χ3n) is 2.55. The van der Waals surface area contributed by atoms with Crippen LogP contribution in [0, 0.1) is 5.82 Å². The summed E-state index contributed by atoms with van der Waals surface area (Å²) >= 11 is 0. The van der Waals surface area contributed by atoms with Crippen LogP contribution in [0.25, 0.3) is 0 Å². The van der Waals surface area contributed by atoms with Gasteiger partial charge in [0.1, 0.15) is 16.5 Å². The summed E-state index contributed by atoms with van der Waals surface area (Å²) in [6, 6.07) is 9.41. The lowest BCUT2D eigenvalue weighted by Crippen LogP contribution is -2.14. The van der Waals surface area contributed by atoms with Crippen LogP contribution in [0.4, 0.5) is 15.8 Å². The van der Waals surface area contributed by atoms with Crippen LogP contribution in [0.1, 0.15) is 0 Å². The van der Waals surface area contributed by atoms with Crippen molar-refractivity contribution in [2.24, 2.45) is 0 Å². The Morgan fingerprint density at radius 1 is 1.20 bits per heavy atom. The quantitative estimate of drug-likeness (QED) is 0.848. The maximum Gasteiger partial charge on any atom is 0.265 e. The highest BCUT2D eigenvalue weighted by Crippen LogP contribution is 2.27. The first kappa shape index (κ1) is 14.1. The molecule has 106 valence electrons. The standard InChI is InChI=1S/C13H13FN2O3S/c1-19-12-6-5-10(15)8-13(12)20(17,18)16-11-4-2-3-9(14)7-11/h2-8,16H,15H2,1H3. The monoisotopic (exact) mass is 296 g/mol. The Hall–Kier alpha value is -2.28. The molecule has 0 saturated carbocycles. The molecule has 0 aromatic heterocycles. The highest BCUT2D eigenvalue weighted by molar-refractivity contribution is 7.92. The number of anilines is 2. The normalized spacial score (nSPS) is 11.1. The minimum absolute atomic E-state index is 0.107. The fraction of sp³-hybridized carbons (Fsp3) is 0.0769. The van der Waals surface area contributed by atoms with Crippen LogP contribution in [0.3, 0.4) is 0 Å². The number of hydrogen-bond donors (Lipinski definition) is 2. The molecule has 5 nitrogen and oxygen atoms in total. The predicted molar refractivity (Wildman–Crippen MR) is 74.6 cm³/mol. The van der Waals surface area contributed by atoms with Gasteiger partial charge in [-0.1, -0.05) is 6.07 Å². The topological polar surface area (TPSA) is 81.4 Å². The molecule has 0 unspecified atom stereocenters. The zero-order valence-corrected chi connectivity index (χ0v) is 11.4. The van der Waals surface area contributed by atoms with E-state index in [1.165, 1.54) is 43.5 Å². The van der Waals surface area contributed by atoms with Crippen molar-refractivity contribution in [2.45, 2.75) is 4.90 Å². The summed E-state index contributed by atoms with van der Waals surface area (Å²) in [5.74, 6) is -0.382. The Balaban J connectivity index is 2.43. The fourth-order valence-electron chi connectivity index (χ4n) is 1.67. The molecule has 0 radical (unpaired) electrons. The van der Waals surface area contributed by atoms with Crippen molar-refractivity contribution in [3.63, 3.8) is 0 Å². The maximum atomic E-state index is 13.1. The molecule has 0 aliphatic rings. The van der Waals surface area contributed by atoms with E-state index in [0.29, 0.717) is 0 Å². The average Bonchev–Trinajstić information content (AvgIpc) is 2.38. The van der Waals surface area contributed by atoms with E-state index in [-0.39, 0.29) is 22.0 Å². The third-order valence-corrected chi connectivity index (χ3v) is 3.96. The molecule has 0 fully saturated rings. The lowest BCUT2D eigenvalue weighted by molar-refractivity contribution is 0.403. The average molecular weight is 296 g/mol. The van der Waals surface area contributed by atoms with Gasteiger partial charge < -0.3 is 10.5 Å². The van der Waals surface area contributed by atoms with E-state index in [9.17, 15) is 12.8 Å². The number of nitrogens with two attached hydrogens (primary N) is 1. The van der Waals surface area contributed by atoms with Crippen LogP contribution in [-0.4, -0.2) is 15.5 Å². The van der Waals surface area contributed by atoms with E-state index >= 15 is 0 Å². The highest BCUT2D eigenvalue weighted by atomic mass is 32.2. The summed E-state index contributed by atoms with van der Waals surface area (Å²) in [5, 5.41) is 0. The number of nitrogens with one attached hydrogen (secondary N) is 1. The molecule has 0 heterocycles.